The van der Waals surface area contributed by atoms with Crippen LogP contribution in [0.5, 0.6) is 0 Å². The predicted molar refractivity (Wildman–Crippen MR) is 88.8 cm³/mol. The molecular formula is C11H18Br2N4O6. The van der Waals surface area contributed by atoms with Crippen LogP contribution in [-0.2, 0) is 9.59 Å². The van der Waals surface area contributed by atoms with Crippen molar-refractivity contribution in [3.63, 3.8) is 0 Å². The van der Waals surface area contributed by atoms with Gasteiger partial charge in [0.15, 0.2) is 0 Å². The normalized spacial score (nSPS) is 11.0. The fourth-order valence-electron chi connectivity index (χ4n) is 1.70. The van der Waals surface area contributed by atoms with Gasteiger partial charge in [-0.15, -0.1) is 0 Å². The van der Waals surface area contributed by atoms with Crippen molar-refractivity contribution in [2.75, 3.05) is 37.8 Å². The van der Waals surface area contributed by atoms with Crippen LogP contribution in [0.15, 0.2) is 0 Å². The Hall–Kier alpha value is -1.30. The van der Waals surface area contributed by atoms with Gasteiger partial charge in [-0.25, -0.2) is 0 Å². The molecule has 0 saturated heterocycles. The first-order valence-electron chi connectivity index (χ1n) is 6.51. The largest absolute Gasteiger partial charge is 0.461 e. The van der Waals surface area contributed by atoms with Crippen LogP contribution < -0.4 is 0 Å². The second-order valence-electron chi connectivity index (χ2n) is 4.89. The van der Waals surface area contributed by atoms with E-state index in [9.17, 15) is 29.8 Å². The molecule has 0 aliphatic heterocycles. The van der Waals surface area contributed by atoms with Crippen molar-refractivity contribution in [3.05, 3.63) is 20.2 Å². The first kappa shape index (κ1) is 21.7. The minimum absolute atomic E-state index is 0.0237. The number of hydrogen-bond acceptors (Lipinski definition) is 6. The van der Waals surface area contributed by atoms with Crippen molar-refractivity contribution in [1.29, 1.82) is 0 Å². The quantitative estimate of drug-likeness (QED) is 0.204. The number of alkyl halides is 2. The summed E-state index contributed by atoms with van der Waals surface area (Å²) in [6.07, 6.45) is -0.892. The number of carbonyl (C=O) groups excluding carboxylic acids is 2. The van der Waals surface area contributed by atoms with Crippen molar-refractivity contribution in [2.45, 2.75) is 18.5 Å². The van der Waals surface area contributed by atoms with Crippen LogP contribution in [-0.4, -0.2) is 75.0 Å². The van der Waals surface area contributed by atoms with Crippen LogP contribution >= 0.6 is 31.9 Å². The summed E-state index contributed by atoms with van der Waals surface area (Å²) < 4.78 is 0. The number of rotatable bonds is 10. The molecule has 10 nitrogen and oxygen atoms in total. The molecule has 12 heteroatoms. The number of halogens is 2. The lowest BCUT2D eigenvalue weighted by Crippen LogP contribution is -2.51. The molecule has 0 spiro atoms. The number of nitrogens with zero attached hydrogens (tertiary/aromatic N) is 4. The number of carbonyl (C=O) groups is 2. The van der Waals surface area contributed by atoms with Crippen molar-refractivity contribution in [1.82, 2.24) is 9.80 Å². The molecule has 0 rings (SSSR count). The van der Waals surface area contributed by atoms with Gasteiger partial charge in [-0.05, 0) is 0 Å². The lowest BCUT2D eigenvalue weighted by molar-refractivity contribution is -0.798. The maximum absolute atomic E-state index is 11.4. The summed E-state index contributed by atoms with van der Waals surface area (Å²) in [7, 11) is 2.82. The van der Waals surface area contributed by atoms with Crippen molar-refractivity contribution in [3.8, 4) is 0 Å². The lowest BCUT2D eigenvalue weighted by atomic mass is 10.0. The van der Waals surface area contributed by atoms with Crippen molar-refractivity contribution in [2.24, 2.45) is 0 Å². The van der Waals surface area contributed by atoms with Crippen LogP contribution in [0.1, 0.15) is 12.8 Å². The van der Waals surface area contributed by atoms with Gasteiger partial charge in [0.25, 0.3) is 0 Å². The van der Waals surface area contributed by atoms with E-state index in [0.29, 0.717) is 0 Å². The van der Waals surface area contributed by atoms with Gasteiger partial charge in [-0.3, -0.25) is 29.8 Å². The van der Waals surface area contributed by atoms with E-state index in [-0.39, 0.29) is 35.6 Å². The first-order chi connectivity index (χ1) is 10.6. The second kappa shape index (κ2) is 9.75. The molecule has 0 aromatic carbocycles. The third-order valence-corrected chi connectivity index (χ3v) is 4.41. The summed E-state index contributed by atoms with van der Waals surface area (Å²) in [4.78, 5) is 46.0. The summed E-state index contributed by atoms with van der Waals surface area (Å²) >= 11 is 5.92. The SMILES string of the molecule is CN(CCC(CCN(C)C(=O)CBr)([N+](=O)[O-])[N+](=O)[O-])C(=O)CBr. The highest BCUT2D eigenvalue weighted by Crippen LogP contribution is 2.22. The fourth-order valence-corrected chi connectivity index (χ4v) is 2.56. The Morgan fingerprint density at radius 3 is 1.43 bits per heavy atom. The molecule has 2 amide bonds. The lowest BCUT2D eigenvalue weighted by Gasteiger charge is -2.23. The van der Waals surface area contributed by atoms with Gasteiger partial charge in [-0.1, -0.05) is 31.9 Å². The average molecular weight is 462 g/mol. The molecule has 0 atom stereocenters. The Balaban J connectivity index is 5.11. The molecule has 0 heterocycles. The molecule has 0 N–H and O–H groups in total. The molecule has 0 aliphatic carbocycles. The molecule has 132 valence electrons. The highest BCUT2D eigenvalue weighted by atomic mass is 79.9. The topological polar surface area (TPSA) is 127 Å². The molecule has 0 aromatic rings. The summed E-state index contributed by atoms with van der Waals surface area (Å²) in [5, 5.41) is 22.7. The van der Waals surface area contributed by atoms with E-state index in [1.807, 2.05) is 0 Å². The number of nitro groups is 2. The zero-order valence-corrected chi connectivity index (χ0v) is 15.9. The maximum atomic E-state index is 11.4. The van der Waals surface area contributed by atoms with Gasteiger partial charge in [0.1, 0.15) is 12.8 Å². The fraction of sp³-hybridized carbons (Fsp3) is 0.818. The maximum Gasteiger partial charge on any atom is 0.461 e. The van der Waals surface area contributed by atoms with E-state index in [4.69, 9.17) is 0 Å². The summed E-state index contributed by atoms with van der Waals surface area (Å²) in [6.45, 7) is -0.273. The number of hydrogen-bond donors (Lipinski definition) is 0. The van der Waals surface area contributed by atoms with E-state index in [1.165, 1.54) is 23.9 Å². The minimum atomic E-state index is -2.44. The third-order valence-electron chi connectivity index (χ3n) is 3.46. The van der Waals surface area contributed by atoms with Crippen LogP contribution in [0.2, 0.25) is 0 Å². The van der Waals surface area contributed by atoms with Gasteiger partial charge in [0.05, 0.1) is 20.5 Å². The van der Waals surface area contributed by atoms with E-state index in [2.05, 4.69) is 31.9 Å². The van der Waals surface area contributed by atoms with Crippen molar-refractivity contribution >= 4 is 43.7 Å². The van der Waals surface area contributed by atoms with Crippen LogP contribution in [0, 0.1) is 20.2 Å². The highest BCUT2D eigenvalue weighted by Gasteiger charge is 2.55. The van der Waals surface area contributed by atoms with Crippen LogP contribution in [0.25, 0.3) is 0 Å². The Bertz CT molecular complexity index is 433. The Morgan fingerprint density at radius 2 is 1.22 bits per heavy atom. The molecule has 0 radical (unpaired) electrons. The van der Waals surface area contributed by atoms with Gasteiger partial charge in [0.2, 0.25) is 11.8 Å². The monoisotopic (exact) mass is 460 g/mol. The average Bonchev–Trinajstić information content (AvgIpc) is 2.51. The summed E-state index contributed by atoms with van der Waals surface area (Å²) in [6, 6.07) is 0. The zero-order chi connectivity index (χ0) is 18.2. The van der Waals surface area contributed by atoms with Gasteiger partial charge >= 0.3 is 5.66 Å². The smallest absolute Gasteiger partial charge is 0.344 e. The minimum Gasteiger partial charge on any atom is -0.344 e. The molecule has 23 heavy (non-hydrogen) atoms. The second-order valence-corrected chi connectivity index (χ2v) is 6.02. The Labute approximate surface area is 149 Å². The third kappa shape index (κ3) is 6.01. The first-order valence-corrected chi connectivity index (χ1v) is 8.75. The molecule has 0 aliphatic rings. The molecule has 0 aromatic heterocycles. The standard InChI is InChI=1S/C11H18Br2N4O6/c1-14(9(18)7-12)5-3-11(16(20)21,17(22)23)4-6-15(2)10(19)8-13/h3-8H2,1-2H3. The molecule has 0 unspecified atom stereocenters. The van der Waals surface area contributed by atoms with E-state index in [1.54, 1.807) is 0 Å². The van der Waals surface area contributed by atoms with Gasteiger partial charge in [0, 0.05) is 27.2 Å². The number of amides is 2. The highest BCUT2D eigenvalue weighted by molar-refractivity contribution is 9.09. The molecule has 0 fully saturated rings. The zero-order valence-electron chi connectivity index (χ0n) is 12.7. The van der Waals surface area contributed by atoms with E-state index < -0.39 is 28.4 Å². The van der Waals surface area contributed by atoms with Crippen LogP contribution in [0.4, 0.5) is 0 Å². The Kier molecular flexibility index (Phi) is 9.20. The molecular weight excluding hydrogens is 444 g/mol. The predicted octanol–water partition coefficient (Wildman–Crippen LogP) is 0.723. The Morgan fingerprint density at radius 1 is 0.913 bits per heavy atom. The molecule has 0 saturated carbocycles. The van der Waals surface area contributed by atoms with Crippen molar-refractivity contribution < 1.29 is 19.4 Å². The van der Waals surface area contributed by atoms with Gasteiger partial charge in [-0.2, -0.15) is 0 Å². The summed E-state index contributed by atoms with van der Waals surface area (Å²) in [5.74, 6) is -0.672. The van der Waals surface area contributed by atoms with Crippen LogP contribution in [0.3, 0.4) is 0 Å². The van der Waals surface area contributed by atoms with Gasteiger partial charge < -0.3 is 9.80 Å². The summed E-state index contributed by atoms with van der Waals surface area (Å²) in [5.41, 5.74) is -2.44. The van der Waals surface area contributed by atoms with E-state index in [0.717, 1.165) is 0 Å². The van der Waals surface area contributed by atoms with E-state index >= 15 is 0 Å². The molecule has 0 bridgehead atoms.